The van der Waals surface area contributed by atoms with Crippen LogP contribution in [-0.4, -0.2) is 26.2 Å². The van der Waals surface area contributed by atoms with Gasteiger partial charge in [-0.25, -0.2) is 14.0 Å². The molecule has 90 valence electrons. The molecule has 0 atom stereocenters. The molecular formula is C12H11FO4. The summed E-state index contributed by atoms with van der Waals surface area (Å²) in [7, 11) is 2.42. The largest absolute Gasteiger partial charge is 0.466 e. The lowest BCUT2D eigenvalue weighted by Gasteiger charge is -2.01. The quantitative estimate of drug-likeness (QED) is 0.595. The predicted octanol–water partition coefficient (Wildman–Crippen LogP) is 1.80. The molecule has 1 aromatic carbocycles. The zero-order chi connectivity index (χ0) is 12.8. The number of carbonyl (C=O) groups excluding carboxylic acids is 2. The van der Waals surface area contributed by atoms with Gasteiger partial charge in [0.1, 0.15) is 5.82 Å². The van der Waals surface area contributed by atoms with Gasteiger partial charge in [0.25, 0.3) is 0 Å². The summed E-state index contributed by atoms with van der Waals surface area (Å²) in [4.78, 5) is 21.9. The fraction of sp³-hybridized carbons (Fsp3) is 0.167. The van der Waals surface area contributed by atoms with Crippen molar-refractivity contribution in [2.45, 2.75) is 0 Å². The van der Waals surface area contributed by atoms with Crippen molar-refractivity contribution in [3.8, 4) is 0 Å². The van der Waals surface area contributed by atoms with Crippen molar-refractivity contribution < 1.29 is 23.5 Å². The van der Waals surface area contributed by atoms with E-state index >= 15 is 0 Å². The molecule has 0 spiro atoms. The summed E-state index contributed by atoms with van der Waals surface area (Å²) in [6, 6.07) is 3.92. The van der Waals surface area contributed by atoms with Crippen LogP contribution in [0.2, 0.25) is 0 Å². The zero-order valence-electron chi connectivity index (χ0n) is 9.40. The molecule has 0 aliphatic rings. The van der Waals surface area contributed by atoms with Crippen LogP contribution in [-0.2, 0) is 14.3 Å². The van der Waals surface area contributed by atoms with Crippen LogP contribution < -0.4 is 0 Å². The predicted molar refractivity (Wildman–Crippen MR) is 58.8 cm³/mol. The van der Waals surface area contributed by atoms with E-state index in [2.05, 4.69) is 9.47 Å². The van der Waals surface area contributed by atoms with Crippen molar-refractivity contribution in [1.29, 1.82) is 0 Å². The van der Waals surface area contributed by atoms with E-state index in [9.17, 15) is 14.0 Å². The molecule has 0 aromatic heterocycles. The lowest BCUT2D eigenvalue weighted by Crippen LogP contribution is -2.04. The van der Waals surface area contributed by atoms with Gasteiger partial charge in [0, 0.05) is 6.08 Å². The Kier molecular flexibility index (Phi) is 4.39. The Morgan fingerprint density at radius 2 is 1.94 bits per heavy atom. The third kappa shape index (κ3) is 3.41. The Hall–Kier alpha value is -2.17. The van der Waals surface area contributed by atoms with Crippen LogP contribution in [0.3, 0.4) is 0 Å². The van der Waals surface area contributed by atoms with Crippen molar-refractivity contribution >= 4 is 18.0 Å². The monoisotopic (exact) mass is 238 g/mol. The minimum absolute atomic E-state index is 0.150. The van der Waals surface area contributed by atoms with Gasteiger partial charge < -0.3 is 9.47 Å². The van der Waals surface area contributed by atoms with Gasteiger partial charge >= 0.3 is 11.9 Å². The first kappa shape index (κ1) is 12.9. The molecule has 4 nitrogen and oxygen atoms in total. The molecule has 1 rings (SSSR count). The molecule has 0 amide bonds. The number of hydrogen-bond donors (Lipinski definition) is 0. The molecule has 0 heterocycles. The highest BCUT2D eigenvalue weighted by Crippen LogP contribution is 2.12. The first-order valence-electron chi connectivity index (χ1n) is 4.72. The zero-order valence-corrected chi connectivity index (χ0v) is 9.40. The van der Waals surface area contributed by atoms with Crippen molar-refractivity contribution in [2.24, 2.45) is 0 Å². The number of hydrogen-bond acceptors (Lipinski definition) is 4. The Morgan fingerprint density at radius 1 is 1.24 bits per heavy atom. The Bertz CT molecular complexity index is 466. The summed E-state index contributed by atoms with van der Waals surface area (Å²) in [5.74, 6) is -1.99. The third-order valence-electron chi connectivity index (χ3n) is 2.01. The van der Waals surface area contributed by atoms with E-state index in [-0.39, 0.29) is 5.56 Å². The molecule has 0 fully saturated rings. The average molecular weight is 238 g/mol. The Balaban J connectivity index is 2.93. The lowest BCUT2D eigenvalue weighted by molar-refractivity contribution is -0.134. The minimum Gasteiger partial charge on any atom is -0.466 e. The summed E-state index contributed by atoms with van der Waals surface area (Å²) in [6.45, 7) is 0. The molecule has 0 unspecified atom stereocenters. The molecule has 0 aliphatic heterocycles. The van der Waals surface area contributed by atoms with Crippen LogP contribution in [0, 0.1) is 5.82 Å². The van der Waals surface area contributed by atoms with E-state index in [0.29, 0.717) is 5.56 Å². The van der Waals surface area contributed by atoms with E-state index in [0.717, 1.165) is 12.1 Å². The van der Waals surface area contributed by atoms with Crippen LogP contribution >= 0.6 is 0 Å². The standard InChI is InChI=1S/C12H11FO4/c1-16-11(14)6-4-8-3-5-9(10(13)7-8)12(15)17-2/h3-7H,1-2H3. The summed E-state index contributed by atoms with van der Waals surface area (Å²) in [5, 5.41) is 0. The van der Waals surface area contributed by atoms with Gasteiger partial charge in [-0.2, -0.15) is 0 Å². The summed E-state index contributed by atoms with van der Waals surface area (Å²) >= 11 is 0. The second kappa shape index (κ2) is 5.79. The highest BCUT2D eigenvalue weighted by molar-refractivity contribution is 5.90. The molecule has 0 aliphatic carbocycles. The van der Waals surface area contributed by atoms with E-state index in [4.69, 9.17) is 0 Å². The lowest BCUT2D eigenvalue weighted by atomic mass is 10.1. The van der Waals surface area contributed by atoms with Crippen LogP contribution in [0.25, 0.3) is 6.08 Å². The van der Waals surface area contributed by atoms with Gasteiger partial charge in [-0.05, 0) is 23.8 Å². The maximum absolute atomic E-state index is 13.4. The summed E-state index contributed by atoms with van der Waals surface area (Å²) in [5.41, 5.74) is 0.295. The van der Waals surface area contributed by atoms with Crippen LogP contribution in [0.5, 0.6) is 0 Å². The van der Waals surface area contributed by atoms with Crippen molar-refractivity contribution in [3.05, 3.63) is 41.2 Å². The molecule has 0 saturated heterocycles. The minimum atomic E-state index is -0.744. The fourth-order valence-corrected chi connectivity index (χ4v) is 1.14. The number of carbonyl (C=O) groups is 2. The normalized spacial score (nSPS) is 10.3. The van der Waals surface area contributed by atoms with Crippen LogP contribution in [0.4, 0.5) is 4.39 Å². The molecule has 17 heavy (non-hydrogen) atoms. The summed E-state index contributed by atoms with van der Waals surface area (Å²) in [6.07, 6.45) is 2.54. The van der Waals surface area contributed by atoms with Gasteiger partial charge in [-0.15, -0.1) is 0 Å². The highest BCUT2D eigenvalue weighted by Gasteiger charge is 2.11. The van der Waals surface area contributed by atoms with Crippen molar-refractivity contribution in [2.75, 3.05) is 14.2 Å². The van der Waals surface area contributed by atoms with Gasteiger partial charge in [-0.3, -0.25) is 0 Å². The van der Waals surface area contributed by atoms with E-state index < -0.39 is 17.8 Å². The summed E-state index contributed by atoms with van der Waals surface area (Å²) < 4.78 is 22.2. The van der Waals surface area contributed by atoms with E-state index in [1.165, 1.54) is 32.4 Å². The van der Waals surface area contributed by atoms with Gasteiger partial charge in [-0.1, -0.05) is 6.07 Å². The first-order chi connectivity index (χ1) is 8.08. The molecule has 0 radical (unpaired) electrons. The molecule has 0 saturated carbocycles. The number of rotatable bonds is 3. The molecular weight excluding hydrogens is 227 g/mol. The Labute approximate surface area is 97.6 Å². The smallest absolute Gasteiger partial charge is 0.340 e. The average Bonchev–Trinajstić information content (AvgIpc) is 2.35. The van der Waals surface area contributed by atoms with E-state index in [1.807, 2.05) is 0 Å². The van der Waals surface area contributed by atoms with Gasteiger partial charge in [0.05, 0.1) is 19.8 Å². The van der Waals surface area contributed by atoms with Gasteiger partial charge in [0.15, 0.2) is 0 Å². The van der Waals surface area contributed by atoms with Crippen molar-refractivity contribution in [1.82, 2.24) is 0 Å². The SMILES string of the molecule is COC(=O)C=Cc1ccc(C(=O)OC)c(F)c1. The second-order valence-electron chi connectivity index (χ2n) is 3.09. The number of esters is 2. The molecule has 0 N–H and O–H groups in total. The number of benzene rings is 1. The topological polar surface area (TPSA) is 52.6 Å². The van der Waals surface area contributed by atoms with Crippen LogP contribution in [0.1, 0.15) is 15.9 Å². The number of methoxy groups -OCH3 is 2. The Morgan fingerprint density at radius 3 is 2.47 bits per heavy atom. The molecule has 0 bridgehead atoms. The fourth-order valence-electron chi connectivity index (χ4n) is 1.14. The van der Waals surface area contributed by atoms with Crippen molar-refractivity contribution in [3.63, 3.8) is 0 Å². The second-order valence-corrected chi connectivity index (χ2v) is 3.09. The maximum atomic E-state index is 13.4. The van der Waals surface area contributed by atoms with E-state index in [1.54, 1.807) is 0 Å². The first-order valence-corrected chi connectivity index (χ1v) is 4.72. The molecule has 5 heteroatoms. The highest BCUT2D eigenvalue weighted by atomic mass is 19.1. The van der Waals surface area contributed by atoms with Crippen LogP contribution in [0.15, 0.2) is 24.3 Å². The maximum Gasteiger partial charge on any atom is 0.340 e. The molecule has 1 aromatic rings. The number of ether oxygens (including phenoxy) is 2. The number of halogens is 1. The third-order valence-corrected chi connectivity index (χ3v) is 2.01. The van der Waals surface area contributed by atoms with Gasteiger partial charge in [0.2, 0.25) is 0 Å².